The summed E-state index contributed by atoms with van der Waals surface area (Å²) in [5.41, 5.74) is 4.00. The molecule has 1 fully saturated rings. The van der Waals surface area contributed by atoms with E-state index in [0.717, 1.165) is 62.0 Å². The summed E-state index contributed by atoms with van der Waals surface area (Å²) in [5.74, 6) is 1.10. The summed E-state index contributed by atoms with van der Waals surface area (Å²) in [5, 5.41) is 19.1. The molecule has 1 unspecified atom stereocenters. The first-order chi connectivity index (χ1) is 17.8. The number of rotatable bonds is 8. The standard InChI is InChI=1S/C29H39N5O3/c1-5-22-14-20(15-23(6-2)31-22)11-12-29(21-9-7-8-10-21)17-25(35)24(27(36)37-29)16-26-32-28-30-18(3)13-19(4)34(28)33-26/h13-15,18,21,35H,5-12,16-17H2,1-4H3,(H,30,32,33)/t18?,29-/m1/s1. The van der Waals surface area contributed by atoms with Crippen molar-refractivity contribution in [2.45, 2.75) is 104 Å². The van der Waals surface area contributed by atoms with E-state index in [0.29, 0.717) is 24.6 Å². The highest BCUT2D eigenvalue weighted by atomic mass is 16.6. The molecule has 2 atom stereocenters. The number of nitrogens with zero attached hydrogens (tertiary/aromatic N) is 4. The lowest BCUT2D eigenvalue weighted by Gasteiger charge is -2.41. The molecule has 0 saturated heterocycles. The van der Waals surface area contributed by atoms with Crippen LogP contribution in [0.25, 0.3) is 5.70 Å². The largest absolute Gasteiger partial charge is 0.512 e. The van der Waals surface area contributed by atoms with Gasteiger partial charge in [-0.05, 0) is 82.1 Å². The number of carbonyl (C=O) groups is 1. The van der Waals surface area contributed by atoms with Crippen molar-refractivity contribution in [1.29, 1.82) is 0 Å². The van der Waals surface area contributed by atoms with Gasteiger partial charge in [-0.2, -0.15) is 4.98 Å². The number of fused-ring (bicyclic) bond motifs is 1. The Morgan fingerprint density at radius 1 is 1.16 bits per heavy atom. The number of cyclic esters (lactones) is 1. The molecule has 0 spiro atoms. The third kappa shape index (κ3) is 5.15. The molecule has 1 saturated carbocycles. The molecule has 5 rings (SSSR count). The van der Waals surface area contributed by atoms with E-state index < -0.39 is 11.6 Å². The van der Waals surface area contributed by atoms with E-state index in [9.17, 15) is 9.90 Å². The maximum Gasteiger partial charge on any atom is 0.338 e. The third-order valence-electron chi connectivity index (χ3n) is 8.18. The minimum atomic E-state index is -0.680. The van der Waals surface area contributed by atoms with Crippen LogP contribution in [-0.2, 0) is 35.2 Å². The van der Waals surface area contributed by atoms with E-state index in [2.05, 4.69) is 54.4 Å². The smallest absolute Gasteiger partial charge is 0.338 e. The van der Waals surface area contributed by atoms with Crippen molar-refractivity contribution in [3.05, 3.63) is 52.3 Å². The maximum atomic E-state index is 13.4. The Balaban J connectivity index is 1.39. The normalized spacial score (nSPS) is 24.1. The van der Waals surface area contributed by atoms with Crippen molar-refractivity contribution >= 4 is 17.6 Å². The second-order valence-electron chi connectivity index (χ2n) is 10.9. The van der Waals surface area contributed by atoms with Gasteiger partial charge in [0.2, 0.25) is 5.95 Å². The van der Waals surface area contributed by atoms with Crippen LogP contribution in [0.5, 0.6) is 0 Å². The first-order valence-corrected chi connectivity index (χ1v) is 13.8. The number of pyridine rings is 1. The van der Waals surface area contributed by atoms with Crippen LogP contribution in [0.4, 0.5) is 5.95 Å². The molecule has 0 radical (unpaired) electrons. The van der Waals surface area contributed by atoms with Crippen molar-refractivity contribution in [2.24, 2.45) is 5.92 Å². The molecule has 1 aliphatic carbocycles. The molecule has 0 bridgehead atoms. The van der Waals surface area contributed by atoms with Gasteiger partial charge >= 0.3 is 5.97 Å². The van der Waals surface area contributed by atoms with Crippen molar-refractivity contribution in [3.8, 4) is 0 Å². The summed E-state index contributed by atoms with van der Waals surface area (Å²) in [6.07, 6.45) is 10.2. The fourth-order valence-electron chi connectivity index (χ4n) is 6.17. The second-order valence-corrected chi connectivity index (χ2v) is 10.9. The van der Waals surface area contributed by atoms with Gasteiger partial charge in [0.15, 0.2) is 5.82 Å². The molecular formula is C29H39N5O3. The molecule has 0 amide bonds. The van der Waals surface area contributed by atoms with E-state index in [1.807, 2.05) is 6.92 Å². The van der Waals surface area contributed by atoms with Gasteiger partial charge in [-0.25, -0.2) is 9.48 Å². The summed E-state index contributed by atoms with van der Waals surface area (Å²) in [6.45, 7) is 8.28. The van der Waals surface area contributed by atoms with Gasteiger partial charge in [-0.3, -0.25) is 4.98 Å². The van der Waals surface area contributed by atoms with Crippen molar-refractivity contribution in [2.75, 3.05) is 5.32 Å². The molecule has 8 nitrogen and oxygen atoms in total. The Bertz CT molecular complexity index is 1220. The van der Waals surface area contributed by atoms with Crippen LogP contribution in [0.15, 0.2) is 29.5 Å². The predicted octanol–water partition coefficient (Wildman–Crippen LogP) is 5.34. The first-order valence-electron chi connectivity index (χ1n) is 13.8. The highest BCUT2D eigenvalue weighted by Gasteiger charge is 2.48. The van der Waals surface area contributed by atoms with E-state index in [1.165, 1.54) is 5.56 Å². The summed E-state index contributed by atoms with van der Waals surface area (Å²) in [6, 6.07) is 4.50. The average Bonchev–Trinajstić information content (AvgIpc) is 3.55. The molecular weight excluding hydrogens is 466 g/mol. The van der Waals surface area contributed by atoms with Crippen LogP contribution in [0.1, 0.15) is 89.0 Å². The Hall–Kier alpha value is -3.16. The van der Waals surface area contributed by atoms with E-state index in [4.69, 9.17) is 9.72 Å². The van der Waals surface area contributed by atoms with Crippen molar-refractivity contribution < 1.29 is 14.6 Å². The highest BCUT2D eigenvalue weighted by Crippen LogP contribution is 2.46. The summed E-state index contributed by atoms with van der Waals surface area (Å²) < 4.78 is 8.07. The third-order valence-corrected chi connectivity index (χ3v) is 8.18. The molecule has 2 N–H and O–H groups in total. The fourth-order valence-corrected chi connectivity index (χ4v) is 6.17. The number of hydrogen-bond donors (Lipinski definition) is 2. The summed E-state index contributed by atoms with van der Waals surface area (Å²) >= 11 is 0. The van der Waals surface area contributed by atoms with E-state index >= 15 is 0 Å². The van der Waals surface area contributed by atoms with Crippen LogP contribution >= 0.6 is 0 Å². The molecule has 37 heavy (non-hydrogen) atoms. The van der Waals surface area contributed by atoms with Crippen LogP contribution in [0, 0.1) is 5.92 Å². The average molecular weight is 506 g/mol. The molecule has 2 aliphatic heterocycles. The van der Waals surface area contributed by atoms with Gasteiger partial charge in [0.1, 0.15) is 11.4 Å². The van der Waals surface area contributed by atoms with E-state index in [-0.39, 0.29) is 29.7 Å². The second kappa shape index (κ2) is 10.3. The van der Waals surface area contributed by atoms with Gasteiger partial charge in [-0.15, -0.1) is 5.10 Å². The van der Waals surface area contributed by atoms with Gasteiger partial charge in [0.05, 0.1) is 5.57 Å². The zero-order chi connectivity index (χ0) is 26.2. The molecule has 3 aliphatic rings. The van der Waals surface area contributed by atoms with Gasteiger partial charge in [0.25, 0.3) is 0 Å². The van der Waals surface area contributed by atoms with Crippen LogP contribution in [-0.4, -0.2) is 42.5 Å². The molecule has 2 aromatic rings. The molecule has 4 heterocycles. The number of anilines is 1. The maximum absolute atomic E-state index is 13.4. The van der Waals surface area contributed by atoms with Crippen molar-refractivity contribution in [3.63, 3.8) is 0 Å². The number of hydrogen-bond acceptors (Lipinski definition) is 7. The van der Waals surface area contributed by atoms with Gasteiger partial charge in [0, 0.05) is 36.0 Å². The predicted molar refractivity (Wildman–Crippen MR) is 143 cm³/mol. The number of aliphatic hydroxyl groups excluding tert-OH is 1. The lowest BCUT2D eigenvalue weighted by molar-refractivity contribution is -0.167. The Morgan fingerprint density at radius 3 is 2.51 bits per heavy atom. The lowest BCUT2D eigenvalue weighted by atomic mass is 9.76. The quantitative estimate of drug-likeness (QED) is 0.467. The van der Waals surface area contributed by atoms with Crippen LogP contribution in [0.2, 0.25) is 0 Å². The monoisotopic (exact) mass is 505 g/mol. The molecule has 198 valence electrons. The number of carbonyl (C=O) groups excluding carboxylic acids is 1. The highest BCUT2D eigenvalue weighted by molar-refractivity contribution is 5.90. The molecule has 0 aromatic carbocycles. The molecule has 2 aromatic heterocycles. The van der Waals surface area contributed by atoms with E-state index in [1.54, 1.807) is 4.68 Å². The Morgan fingerprint density at radius 2 is 1.86 bits per heavy atom. The zero-order valence-corrected chi connectivity index (χ0v) is 22.5. The zero-order valence-electron chi connectivity index (χ0n) is 22.5. The fraction of sp³-hybridized carbons (Fsp3) is 0.586. The minimum Gasteiger partial charge on any atom is -0.512 e. The Kier molecular flexibility index (Phi) is 7.10. The Labute approximate surface area is 219 Å². The number of allylic oxidation sites excluding steroid dienone is 1. The van der Waals surface area contributed by atoms with Gasteiger partial charge in [-0.1, -0.05) is 26.7 Å². The van der Waals surface area contributed by atoms with Crippen LogP contribution < -0.4 is 5.32 Å². The first kappa shape index (κ1) is 25.5. The lowest BCUT2D eigenvalue weighted by Crippen LogP contribution is -2.46. The van der Waals surface area contributed by atoms with Gasteiger partial charge < -0.3 is 15.2 Å². The summed E-state index contributed by atoms with van der Waals surface area (Å²) in [7, 11) is 0. The number of aromatic nitrogens is 4. The number of ether oxygens (including phenoxy) is 1. The minimum absolute atomic E-state index is 0.128. The number of aryl methyl sites for hydroxylation is 3. The number of esters is 1. The SMILES string of the molecule is CCc1cc(CC[C@]2(C3CCCC3)CC(O)=C(Cc3nc4n(n3)C(C)=CC(C)N4)C(=O)O2)cc(CC)n1. The van der Waals surface area contributed by atoms with Crippen LogP contribution in [0.3, 0.4) is 0 Å². The number of nitrogens with one attached hydrogen (secondary N) is 1. The van der Waals surface area contributed by atoms with Crippen molar-refractivity contribution in [1.82, 2.24) is 19.7 Å². The summed E-state index contributed by atoms with van der Waals surface area (Å²) in [4.78, 5) is 22.7. The topological polar surface area (TPSA) is 102 Å². The number of aliphatic hydroxyl groups is 1. The molecule has 8 heteroatoms.